The van der Waals surface area contributed by atoms with Crippen molar-refractivity contribution in [3.63, 3.8) is 0 Å². The van der Waals surface area contributed by atoms with Gasteiger partial charge in [-0.05, 0) is 67.8 Å². The number of hydrogen-bond donors (Lipinski definition) is 0. The van der Waals surface area contributed by atoms with E-state index in [4.69, 9.17) is 4.74 Å². The van der Waals surface area contributed by atoms with E-state index in [1.165, 1.54) is 24.8 Å². The normalized spacial score (nSPS) is 52.4. The Bertz CT molecular complexity index is 806. The summed E-state index contributed by atoms with van der Waals surface area (Å²) in [6, 6.07) is 0. The molecular formula is C24H30O3. The lowest BCUT2D eigenvalue weighted by molar-refractivity contribution is -0.167. The SMILES string of the molecule is CC[C@@H]1CC2=C(CCC(=O)C2)[C@H]2CC[C@@]3(C)[C@@H]([C@@H]4C[C@@H]4[C@@]34C=CC(=O)O4)[C@H]12. The summed E-state index contributed by atoms with van der Waals surface area (Å²) in [5.74, 6) is 4.39. The van der Waals surface area contributed by atoms with Gasteiger partial charge < -0.3 is 4.74 Å². The molecule has 0 radical (unpaired) electrons. The Morgan fingerprint density at radius 2 is 2.11 bits per heavy atom. The fourth-order valence-corrected chi connectivity index (χ4v) is 8.60. The van der Waals surface area contributed by atoms with Gasteiger partial charge in [0.25, 0.3) is 0 Å². The molecule has 8 atom stereocenters. The van der Waals surface area contributed by atoms with Crippen molar-refractivity contribution in [2.45, 2.75) is 70.8 Å². The minimum absolute atomic E-state index is 0.0976. The quantitative estimate of drug-likeness (QED) is 0.502. The average molecular weight is 367 g/mol. The number of allylic oxidation sites excluding steroid dienone is 2. The van der Waals surface area contributed by atoms with Crippen LogP contribution in [-0.2, 0) is 14.3 Å². The molecule has 0 saturated heterocycles. The summed E-state index contributed by atoms with van der Waals surface area (Å²) in [4.78, 5) is 24.1. The van der Waals surface area contributed by atoms with Gasteiger partial charge in [0.2, 0.25) is 0 Å². The molecule has 3 fully saturated rings. The predicted octanol–water partition coefficient (Wildman–Crippen LogP) is 4.62. The van der Waals surface area contributed by atoms with Crippen LogP contribution in [0.4, 0.5) is 0 Å². The van der Waals surface area contributed by atoms with Crippen LogP contribution in [0.5, 0.6) is 0 Å². The van der Waals surface area contributed by atoms with Crippen molar-refractivity contribution < 1.29 is 14.3 Å². The first-order valence-electron chi connectivity index (χ1n) is 11.1. The van der Waals surface area contributed by atoms with Gasteiger partial charge in [0.05, 0.1) is 0 Å². The molecular weight excluding hydrogens is 336 g/mol. The van der Waals surface area contributed by atoms with Crippen molar-refractivity contribution in [2.75, 3.05) is 0 Å². The highest BCUT2D eigenvalue weighted by molar-refractivity contribution is 5.86. The molecule has 0 aromatic rings. The number of esters is 1. The molecule has 1 spiro atoms. The number of rotatable bonds is 1. The molecule has 3 nitrogen and oxygen atoms in total. The van der Waals surface area contributed by atoms with E-state index >= 15 is 0 Å². The van der Waals surface area contributed by atoms with E-state index in [2.05, 4.69) is 19.9 Å². The molecule has 3 heteroatoms. The lowest BCUT2D eigenvalue weighted by atomic mass is 9.48. The maximum atomic E-state index is 12.1. The van der Waals surface area contributed by atoms with Crippen LogP contribution in [0.15, 0.2) is 23.3 Å². The summed E-state index contributed by atoms with van der Waals surface area (Å²) in [6.07, 6.45) is 12.3. The van der Waals surface area contributed by atoms with Crippen LogP contribution in [-0.4, -0.2) is 17.4 Å². The zero-order valence-corrected chi connectivity index (χ0v) is 16.5. The van der Waals surface area contributed by atoms with Crippen LogP contribution in [0.3, 0.4) is 0 Å². The van der Waals surface area contributed by atoms with Crippen LogP contribution >= 0.6 is 0 Å². The summed E-state index contributed by atoms with van der Waals surface area (Å²) < 4.78 is 6.10. The molecule has 0 N–H and O–H groups in total. The summed E-state index contributed by atoms with van der Waals surface area (Å²) >= 11 is 0. The van der Waals surface area contributed by atoms with E-state index in [0.29, 0.717) is 29.5 Å². The topological polar surface area (TPSA) is 43.4 Å². The van der Waals surface area contributed by atoms with Gasteiger partial charge >= 0.3 is 5.97 Å². The maximum Gasteiger partial charge on any atom is 0.331 e. The standard InChI is InChI=1S/C24H30O3/c1-3-13-10-14-11-15(25)4-5-16(14)17-6-8-23(2)22(21(13)17)18-12-19(18)24(23)9-7-20(26)27-24/h7,9,13,17-19,21-22H,3-6,8,10-12H2,1-2H3/t13-,17-,18-,19+,21-,22+,23+,24+/m1/s1. The number of carbonyl (C=O) groups excluding carboxylic acids is 2. The number of hydrogen-bond acceptors (Lipinski definition) is 3. The van der Waals surface area contributed by atoms with Gasteiger partial charge in [-0.15, -0.1) is 0 Å². The van der Waals surface area contributed by atoms with E-state index < -0.39 is 0 Å². The van der Waals surface area contributed by atoms with E-state index in [-0.39, 0.29) is 17.0 Å². The van der Waals surface area contributed by atoms with Crippen LogP contribution in [0.1, 0.15) is 65.2 Å². The lowest BCUT2D eigenvalue weighted by Crippen LogP contribution is -2.55. The van der Waals surface area contributed by atoms with E-state index in [1.54, 1.807) is 11.6 Å². The van der Waals surface area contributed by atoms with Crippen LogP contribution in [0, 0.1) is 40.9 Å². The van der Waals surface area contributed by atoms with Crippen LogP contribution < -0.4 is 0 Å². The first-order chi connectivity index (χ1) is 13.0. The fraction of sp³-hybridized carbons (Fsp3) is 0.750. The molecule has 1 aliphatic heterocycles. The predicted molar refractivity (Wildman–Crippen MR) is 102 cm³/mol. The second-order valence-electron chi connectivity index (χ2n) is 10.4. The third-order valence-corrected chi connectivity index (χ3v) is 9.63. The van der Waals surface area contributed by atoms with E-state index in [9.17, 15) is 9.59 Å². The molecule has 3 saturated carbocycles. The first kappa shape index (κ1) is 16.6. The Kier molecular flexibility index (Phi) is 3.16. The Morgan fingerprint density at radius 1 is 1.26 bits per heavy atom. The van der Waals surface area contributed by atoms with E-state index in [1.807, 2.05) is 0 Å². The summed E-state index contributed by atoms with van der Waals surface area (Å²) in [7, 11) is 0. The van der Waals surface area contributed by atoms with Crippen molar-refractivity contribution in [1.29, 1.82) is 0 Å². The Morgan fingerprint density at radius 3 is 2.85 bits per heavy atom. The molecule has 0 unspecified atom stereocenters. The summed E-state index contributed by atoms with van der Waals surface area (Å²) in [6.45, 7) is 4.78. The molecule has 0 bridgehead atoms. The van der Waals surface area contributed by atoms with Gasteiger partial charge in [-0.3, -0.25) is 4.79 Å². The summed E-state index contributed by atoms with van der Waals surface area (Å²) in [5, 5.41) is 0. The maximum absolute atomic E-state index is 12.1. The third kappa shape index (κ3) is 1.89. The molecule has 27 heavy (non-hydrogen) atoms. The third-order valence-electron chi connectivity index (χ3n) is 9.63. The number of carbonyl (C=O) groups is 2. The second kappa shape index (κ2) is 5.15. The highest BCUT2D eigenvalue weighted by atomic mass is 16.6. The summed E-state index contributed by atoms with van der Waals surface area (Å²) in [5.41, 5.74) is 2.96. The van der Waals surface area contributed by atoms with Crippen molar-refractivity contribution >= 4 is 11.8 Å². The van der Waals surface area contributed by atoms with Crippen molar-refractivity contribution in [3.8, 4) is 0 Å². The minimum Gasteiger partial charge on any atom is -0.451 e. The molecule has 0 aromatic carbocycles. The van der Waals surface area contributed by atoms with Gasteiger partial charge in [-0.25, -0.2) is 4.79 Å². The first-order valence-corrected chi connectivity index (χ1v) is 11.1. The van der Waals surface area contributed by atoms with E-state index in [0.717, 1.165) is 43.9 Å². The van der Waals surface area contributed by atoms with Crippen LogP contribution in [0.25, 0.3) is 0 Å². The van der Waals surface area contributed by atoms with Gasteiger partial charge in [0, 0.05) is 30.3 Å². The molecule has 5 aliphatic carbocycles. The Hall–Kier alpha value is -1.38. The van der Waals surface area contributed by atoms with Gasteiger partial charge in [0.15, 0.2) is 0 Å². The number of Topliss-reactive ketones (excluding diaryl/α,β-unsaturated/α-hetero) is 1. The Labute approximate surface area is 161 Å². The van der Waals surface area contributed by atoms with Crippen molar-refractivity contribution in [2.24, 2.45) is 40.9 Å². The lowest BCUT2D eigenvalue weighted by Gasteiger charge is -2.57. The highest BCUT2D eigenvalue weighted by Gasteiger charge is 2.78. The monoisotopic (exact) mass is 366 g/mol. The smallest absolute Gasteiger partial charge is 0.331 e. The highest BCUT2D eigenvalue weighted by Crippen LogP contribution is 2.78. The molecule has 144 valence electrons. The van der Waals surface area contributed by atoms with Gasteiger partial charge in [-0.1, -0.05) is 31.4 Å². The van der Waals surface area contributed by atoms with Crippen LogP contribution in [0.2, 0.25) is 0 Å². The zero-order valence-electron chi connectivity index (χ0n) is 16.5. The van der Waals surface area contributed by atoms with Gasteiger partial charge in [-0.2, -0.15) is 0 Å². The molecule has 0 amide bonds. The zero-order chi connectivity index (χ0) is 18.6. The number of ketones is 1. The number of fused-ring (bicyclic) bond motifs is 8. The molecule has 6 aliphatic rings. The molecule has 6 rings (SSSR count). The average Bonchev–Trinajstić information content (AvgIpc) is 3.29. The number of ether oxygens (including phenoxy) is 1. The minimum atomic E-state index is -0.320. The van der Waals surface area contributed by atoms with Crippen molar-refractivity contribution in [1.82, 2.24) is 0 Å². The van der Waals surface area contributed by atoms with Gasteiger partial charge in [0.1, 0.15) is 11.4 Å². The Balaban J connectivity index is 1.43. The van der Waals surface area contributed by atoms with Crippen molar-refractivity contribution in [3.05, 3.63) is 23.3 Å². The fourth-order valence-electron chi connectivity index (χ4n) is 8.60. The molecule has 1 heterocycles. The molecule has 0 aromatic heterocycles. The largest absolute Gasteiger partial charge is 0.451 e. The second-order valence-corrected chi connectivity index (χ2v) is 10.4.